The third-order valence-corrected chi connectivity index (χ3v) is 6.79. The monoisotopic (exact) mass is 466 g/mol. The van der Waals surface area contributed by atoms with Crippen LogP contribution in [0.4, 0.5) is 13.2 Å². The molecule has 0 saturated carbocycles. The smallest absolute Gasteiger partial charge is 0.475 e. The van der Waals surface area contributed by atoms with Gasteiger partial charge in [-0.15, -0.1) is 11.3 Å². The first-order valence-electron chi connectivity index (χ1n) is 10.3. The number of aryl methyl sites for hydroxylation is 1. The van der Waals surface area contributed by atoms with Crippen molar-refractivity contribution in [2.75, 3.05) is 52.7 Å². The quantitative estimate of drug-likeness (QED) is 0.690. The molecule has 31 heavy (non-hydrogen) atoms. The molecule has 4 heterocycles. The molecule has 0 aliphatic carbocycles. The molecule has 4 rings (SSSR count). The molecular weight excluding hydrogens is 437 g/mol. The van der Waals surface area contributed by atoms with Crippen LogP contribution in [-0.4, -0.2) is 79.9 Å². The molecule has 1 N–H and O–H groups in total. The lowest BCUT2D eigenvalue weighted by molar-refractivity contribution is -0.192. The molecule has 3 saturated heterocycles. The number of fused-ring (bicyclic) bond motifs is 1. The van der Waals surface area contributed by atoms with Gasteiger partial charge in [-0.1, -0.05) is 0 Å². The second-order valence-electron chi connectivity index (χ2n) is 8.48. The molecular formula is C20H29F3N2O5S. The number of aliphatic carboxylic acids is 1. The van der Waals surface area contributed by atoms with Gasteiger partial charge in [-0.2, -0.15) is 13.2 Å². The lowest BCUT2D eigenvalue weighted by Gasteiger charge is -2.29. The van der Waals surface area contributed by atoms with E-state index in [2.05, 4.69) is 22.2 Å². The Morgan fingerprint density at radius 1 is 1.39 bits per heavy atom. The summed E-state index contributed by atoms with van der Waals surface area (Å²) in [5.74, 6) is -1.48. The maximum Gasteiger partial charge on any atom is 0.490 e. The van der Waals surface area contributed by atoms with Crippen LogP contribution < -0.4 is 0 Å². The zero-order valence-corrected chi connectivity index (χ0v) is 18.3. The molecule has 1 aromatic heterocycles. The third-order valence-electron chi connectivity index (χ3n) is 5.97. The number of aromatic nitrogens is 1. The van der Waals surface area contributed by atoms with Crippen LogP contribution in [0.5, 0.6) is 0 Å². The maximum atomic E-state index is 10.6. The van der Waals surface area contributed by atoms with E-state index in [1.165, 1.54) is 5.69 Å². The Labute approximate surface area is 183 Å². The summed E-state index contributed by atoms with van der Waals surface area (Å²) in [7, 11) is 0. The van der Waals surface area contributed by atoms with Gasteiger partial charge in [-0.25, -0.2) is 9.78 Å². The summed E-state index contributed by atoms with van der Waals surface area (Å²) in [5.41, 5.74) is 1.40. The number of carboxylic acid groups (broad SMARTS) is 1. The first-order chi connectivity index (χ1) is 14.7. The van der Waals surface area contributed by atoms with Gasteiger partial charge >= 0.3 is 12.1 Å². The maximum absolute atomic E-state index is 10.6. The number of likely N-dealkylation sites (tertiary alicyclic amines) is 1. The van der Waals surface area contributed by atoms with Gasteiger partial charge in [0.15, 0.2) is 0 Å². The van der Waals surface area contributed by atoms with Gasteiger partial charge in [0.25, 0.3) is 0 Å². The molecule has 3 aliphatic heterocycles. The minimum absolute atomic E-state index is 0.191. The normalized spacial score (nSPS) is 27.0. The van der Waals surface area contributed by atoms with Crippen molar-refractivity contribution in [2.45, 2.75) is 32.5 Å². The lowest BCUT2D eigenvalue weighted by atomic mass is 9.82. The largest absolute Gasteiger partial charge is 0.490 e. The van der Waals surface area contributed by atoms with Crippen molar-refractivity contribution < 1.29 is 37.3 Å². The second kappa shape index (κ2) is 10.6. The highest BCUT2D eigenvalue weighted by Gasteiger charge is 2.50. The van der Waals surface area contributed by atoms with Crippen molar-refractivity contribution in [3.63, 3.8) is 0 Å². The van der Waals surface area contributed by atoms with Gasteiger partial charge in [-0.05, 0) is 25.7 Å². The molecule has 7 nitrogen and oxygen atoms in total. The van der Waals surface area contributed by atoms with E-state index in [0.717, 1.165) is 77.1 Å². The number of carbonyl (C=O) groups is 1. The lowest BCUT2D eigenvalue weighted by Crippen LogP contribution is -2.36. The first-order valence-corrected chi connectivity index (χ1v) is 11.2. The molecule has 3 aliphatic rings. The number of rotatable bonds is 6. The molecule has 0 unspecified atom stereocenters. The highest BCUT2D eigenvalue weighted by Crippen LogP contribution is 2.42. The van der Waals surface area contributed by atoms with Crippen molar-refractivity contribution in [1.29, 1.82) is 0 Å². The van der Waals surface area contributed by atoms with Crippen LogP contribution in [0.2, 0.25) is 0 Å². The summed E-state index contributed by atoms with van der Waals surface area (Å²) in [4.78, 5) is 16.1. The summed E-state index contributed by atoms with van der Waals surface area (Å²) in [6.45, 7) is 10.4. The van der Waals surface area contributed by atoms with Crippen LogP contribution in [0.1, 0.15) is 23.5 Å². The van der Waals surface area contributed by atoms with E-state index in [9.17, 15) is 13.2 Å². The van der Waals surface area contributed by atoms with Crippen LogP contribution in [-0.2, 0) is 25.5 Å². The Kier molecular flexibility index (Phi) is 8.31. The Morgan fingerprint density at radius 2 is 2.10 bits per heavy atom. The fourth-order valence-corrected chi connectivity index (χ4v) is 4.92. The first kappa shape index (κ1) is 24.4. The van der Waals surface area contributed by atoms with Gasteiger partial charge in [0, 0.05) is 56.2 Å². The van der Waals surface area contributed by atoms with Crippen molar-refractivity contribution in [3.05, 3.63) is 16.1 Å². The minimum Gasteiger partial charge on any atom is -0.475 e. The number of hydrogen-bond acceptors (Lipinski definition) is 7. The van der Waals surface area contributed by atoms with Crippen molar-refractivity contribution in [3.8, 4) is 0 Å². The zero-order valence-electron chi connectivity index (χ0n) is 17.5. The Hall–Kier alpha value is -1.27. The summed E-state index contributed by atoms with van der Waals surface area (Å²) in [6, 6.07) is 0. The van der Waals surface area contributed by atoms with E-state index in [1.54, 1.807) is 11.3 Å². The molecule has 0 radical (unpaired) electrons. The summed E-state index contributed by atoms with van der Waals surface area (Å²) >= 11 is 1.74. The van der Waals surface area contributed by atoms with Gasteiger partial charge in [0.2, 0.25) is 0 Å². The molecule has 1 aromatic rings. The van der Waals surface area contributed by atoms with E-state index < -0.39 is 12.1 Å². The highest BCUT2D eigenvalue weighted by atomic mass is 32.1. The number of thiazole rings is 1. The number of alkyl halides is 3. The van der Waals surface area contributed by atoms with Gasteiger partial charge in [-0.3, -0.25) is 4.90 Å². The van der Waals surface area contributed by atoms with Crippen molar-refractivity contribution in [1.82, 2.24) is 9.88 Å². The predicted octanol–water partition coefficient (Wildman–Crippen LogP) is 2.98. The topological polar surface area (TPSA) is 81.1 Å². The fourth-order valence-electron chi connectivity index (χ4n) is 4.32. The molecule has 0 amide bonds. The molecule has 2 atom stereocenters. The third kappa shape index (κ3) is 6.85. The van der Waals surface area contributed by atoms with Crippen LogP contribution in [0, 0.1) is 24.2 Å². The van der Waals surface area contributed by atoms with E-state index in [-0.39, 0.29) is 5.41 Å². The number of nitrogens with zero attached hydrogens (tertiary/aromatic N) is 2. The number of carboxylic acids is 1. The molecule has 0 aromatic carbocycles. The summed E-state index contributed by atoms with van der Waals surface area (Å²) in [5, 5.41) is 10.5. The van der Waals surface area contributed by atoms with Crippen molar-refractivity contribution in [2.24, 2.45) is 17.3 Å². The zero-order chi connectivity index (χ0) is 22.5. The van der Waals surface area contributed by atoms with Gasteiger partial charge in [0.05, 0.1) is 30.5 Å². The Morgan fingerprint density at radius 3 is 2.71 bits per heavy atom. The average molecular weight is 467 g/mol. The van der Waals surface area contributed by atoms with Crippen LogP contribution in [0.15, 0.2) is 5.38 Å². The van der Waals surface area contributed by atoms with Crippen LogP contribution in [0.3, 0.4) is 0 Å². The number of halogens is 3. The van der Waals surface area contributed by atoms with Crippen LogP contribution >= 0.6 is 11.3 Å². The van der Waals surface area contributed by atoms with Crippen molar-refractivity contribution >= 4 is 17.3 Å². The fraction of sp³-hybridized carbons (Fsp3) is 0.800. The highest BCUT2D eigenvalue weighted by molar-refractivity contribution is 7.09. The van der Waals surface area contributed by atoms with E-state index in [0.29, 0.717) is 11.8 Å². The molecule has 176 valence electrons. The average Bonchev–Trinajstić information content (AvgIpc) is 3.37. The van der Waals surface area contributed by atoms with E-state index in [1.807, 2.05) is 0 Å². The number of ether oxygens (including phenoxy) is 3. The molecule has 11 heteroatoms. The van der Waals surface area contributed by atoms with Gasteiger partial charge < -0.3 is 19.3 Å². The molecule has 0 bridgehead atoms. The molecule has 0 spiro atoms. The van der Waals surface area contributed by atoms with Crippen LogP contribution in [0.25, 0.3) is 0 Å². The Balaban J connectivity index is 0.000000339. The van der Waals surface area contributed by atoms with Gasteiger partial charge in [0.1, 0.15) is 0 Å². The van der Waals surface area contributed by atoms with E-state index >= 15 is 0 Å². The standard InChI is InChI=1S/C18H28N2O3S.C2HF3O2/c1-14-19-17(10-24-14)7-20-6-16-9-23-13-18(16,11-20)12-22-8-15-2-4-21-5-3-15;3-2(4,5)1(6)7/h10,15-16H,2-9,11-13H2,1H3;(H,6,7)/t16-,18-;/m1./s1. The summed E-state index contributed by atoms with van der Waals surface area (Å²) in [6.07, 6.45) is -2.80. The SMILES string of the molecule is Cc1nc(CN2C[C@@H]3COC[C@]3(COCC3CCOCC3)C2)cs1.O=C(O)C(F)(F)F. The second-order valence-corrected chi connectivity index (χ2v) is 9.54. The number of hydrogen-bond donors (Lipinski definition) is 1. The molecule has 3 fully saturated rings. The Bertz CT molecular complexity index is 726. The van der Waals surface area contributed by atoms with E-state index in [4.69, 9.17) is 24.1 Å². The summed E-state index contributed by atoms with van der Waals surface area (Å²) < 4.78 is 49.2. The predicted molar refractivity (Wildman–Crippen MR) is 107 cm³/mol. The minimum atomic E-state index is -5.08.